The summed E-state index contributed by atoms with van der Waals surface area (Å²) in [5, 5.41) is 7.05. The number of rotatable bonds is 2. The summed E-state index contributed by atoms with van der Waals surface area (Å²) in [5.74, 6) is -0.154. The molecular weight excluding hydrogens is 295 g/mol. The zero-order valence-corrected chi connectivity index (χ0v) is 12.0. The topological polar surface area (TPSA) is 41.1 Å². The van der Waals surface area contributed by atoms with Crippen molar-refractivity contribution >= 4 is 29.1 Å². The van der Waals surface area contributed by atoms with Crippen molar-refractivity contribution in [2.24, 2.45) is 0 Å². The van der Waals surface area contributed by atoms with Crippen molar-refractivity contribution in [3.8, 4) is 0 Å². The average molecular weight is 307 g/mol. The van der Waals surface area contributed by atoms with Crippen LogP contribution in [-0.4, -0.2) is 12.6 Å². The molecule has 0 unspecified atom stereocenters. The van der Waals surface area contributed by atoms with E-state index in [9.17, 15) is 4.79 Å². The molecule has 20 heavy (non-hydrogen) atoms. The third-order valence-electron chi connectivity index (χ3n) is 3.50. The van der Waals surface area contributed by atoms with Crippen molar-refractivity contribution in [1.29, 1.82) is 0 Å². The molecule has 3 nitrogen and oxygen atoms in total. The van der Waals surface area contributed by atoms with Crippen LogP contribution in [0.15, 0.2) is 48.5 Å². The highest BCUT2D eigenvalue weighted by atomic mass is 35.5. The third-order valence-corrected chi connectivity index (χ3v) is 4.16. The van der Waals surface area contributed by atoms with Crippen LogP contribution in [0.25, 0.3) is 0 Å². The zero-order chi connectivity index (χ0) is 14.2. The molecule has 2 N–H and O–H groups in total. The van der Waals surface area contributed by atoms with Crippen LogP contribution < -0.4 is 10.6 Å². The summed E-state index contributed by atoms with van der Waals surface area (Å²) in [6.07, 6.45) is 0. The predicted octanol–water partition coefficient (Wildman–Crippen LogP) is 2.91. The molecule has 102 valence electrons. The van der Waals surface area contributed by atoms with Crippen LogP contribution in [-0.2, 0) is 10.3 Å². The number of halogens is 2. The molecule has 1 aliphatic heterocycles. The van der Waals surface area contributed by atoms with Crippen molar-refractivity contribution in [3.63, 3.8) is 0 Å². The minimum absolute atomic E-state index is 0.154. The van der Waals surface area contributed by atoms with Gasteiger partial charge in [-0.15, -0.1) is 0 Å². The normalized spacial score (nSPS) is 17.0. The second kappa shape index (κ2) is 5.09. The van der Waals surface area contributed by atoms with Crippen LogP contribution in [0.1, 0.15) is 11.1 Å². The Morgan fingerprint density at radius 3 is 1.80 bits per heavy atom. The summed E-state index contributed by atoms with van der Waals surface area (Å²) in [5.41, 5.74) is 0.353. The average Bonchev–Trinajstić information content (AvgIpc) is 2.82. The molecule has 1 heterocycles. The Balaban J connectivity index is 2.29. The van der Waals surface area contributed by atoms with Crippen LogP contribution >= 0.6 is 23.2 Å². The Kier molecular flexibility index (Phi) is 3.42. The number of amides is 1. The predicted molar refractivity (Wildman–Crippen MR) is 79.8 cm³/mol. The fourth-order valence-corrected chi connectivity index (χ4v) is 3.14. The molecule has 1 saturated heterocycles. The summed E-state index contributed by atoms with van der Waals surface area (Å²) in [4.78, 5) is 12.5. The summed E-state index contributed by atoms with van der Waals surface area (Å²) >= 11 is 12.6. The van der Waals surface area contributed by atoms with Gasteiger partial charge < -0.3 is 5.32 Å². The lowest BCUT2D eigenvalue weighted by atomic mass is 9.83. The molecule has 0 radical (unpaired) electrons. The zero-order valence-electron chi connectivity index (χ0n) is 10.5. The van der Waals surface area contributed by atoms with E-state index >= 15 is 0 Å². The van der Waals surface area contributed by atoms with Crippen LogP contribution in [0.5, 0.6) is 0 Å². The van der Waals surface area contributed by atoms with E-state index in [1.54, 1.807) is 12.1 Å². The third kappa shape index (κ3) is 1.90. The van der Waals surface area contributed by atoms with Crippen LogP contribution in [0.4, 0.5) is 0 Å². The van der Waals surface area contributed by atoms with Crippen molar-refractivity contribution < 1.29 is 4.79 Å². The number of benzene rings is 2. The van der Waals surface area contributed by atoms with Crippen LogP contribution in [0.2, 0.25) is 10.0 Å². The quantitative estimate of drug-likeness (QED) is 0.896. The van der Waals surface area contributed by atoms with Gasteiger partial charge in [-0.05, 0) is 12.1 Å². The van der Waals surface area contributed by atoms with Gasteiger partial charge >= 0.3 is 0 Å². The molecule has 2 aromatic carbocycles. The molecule has 0 atom stereocenters. The molecular formula is C15H12Cl2N2O. The first-order valence-electron chi connectivity index (χ1n) is 6.19. The second-order valence-corrected chi connectivity index (χ2v) is 5.38. The Labute approximate surface area is 126 Å². The Morgan fingerprint density at radius 2 is 1.40 bits per heavy atom. The fraction of sp³-hybridized carbons (Fsp3) is 0.133. The van der Waals surface area contributed by atoms with E-state index in [0.717, 1.165) is 0 Å². The molecule has 2 aromatic rings. The Hall–Kier alpha value is -1.55. The number of hydrogen-bond acceptors (Lipinski definition) is 2. The SMILES string of the molecule is O=C1NCNC1(c1ccccc1Cl)c1ccccc1Cl. The second-order valence-electron chi connectivity index (χ2n) is 4.57. The monoisotopic (exact) mass is 306 g/mol. The van der Waals surface area contributed by atoms with Crippen molar-refractivity contribution in [3.05, 3.63) is 69.7 Å². The van der Waals surface area contributed by atoms with Crippen molar-refractivity contribution in [2.75, 3.05) is 6.67 Å². The number of carbonyl (C=O) groups excluding carboxylic acids is 1. The Morgan fingerprint density at radius 1 is 0.900 bits per heavy atom. The summed E-state index contributed by atoms with van der Waals surface area (Å²) < 4.78 is 0. The minimum atomic E-state index is -1.04. The maximum atomic E-state index is 12.5. The lowest BCUT2D eigenvalue weighted by Gasteiger charge is -2.29. The number of hydrogen-bond donors (Lipinski definition) is 2. The highest BCUT2D eigenvalue weighted by Gasteiger charge is 2.47. The van der Waals surface area contributed by atoms with Crippen LogP contribution in [0.3, 0.4) is 0 Å². The summed E-state index contributed by atoms with van der Waals surface area (Å²) in [6.45, 7) is 0.370. The largest absolute Gasteiger partial charge is 0.341 e. The molecule has 0 bridgehead atoms. The standard InChI is InChI=1S/C15H12Cl2N2O/c16-12-7-3-1-5-10(12)15(14(20)18-9-19-15)11-6-2-4-8-13(11)17/h1-8,19H,9H2,(H,18,20). The minimum Gasteiger partial charge on any atom is -0.341 e. The first-order valence-corrected chi connectivity index (χ1v) is 6.95. The molecule has 3 rings (SSSR count). The van der Waals surface area contributed by atoms with E-state index < -0.39 is 5.54 Å². The van der Waals surface area contributed by atoms with Gasteiger partial charge in [0.25, 0.3) is 5.91 Å². The van der Waals surface area contributed by atoms with E-state index in [2.05, 4.69) is 10.6 Å². The maximum absolute atomic E-state index is 12.5. The number of carbonyl (C=O) groups is 1. The highest BCUT2D eigenvalue weighted by Crippen LogP contribution is 2.39. The van der Waals surface area contributed by atoms with Crippen molar-refractivity contribution in [1.82, 2.24) is 10.6 Å². The van der Waals surface area contributed by atoms with E-state index in [4.69, 9.17) is 23.2 Å². The van der Waals surface area contributed by atoms with Gasteiger partial charge in [-0.1, -0.05) is 59.6 Å². The van der Waals surface area contributed by atoms with E-state index in [1.165, 1.54) is 0 Å². The smallest absolute Gasteiger partial charge is 0.250 e. The van der Waals surface area contributed by atoms with E-state index in [-0.39, 0.29) is 5.91 Å². The highest BCUT2D eigenvalue weighted by molar-refractivity contribution is 6.33. The fourth-order valence-electron chi connectivity index (χ4n) is 2.58. The number of nitrogens with one attached hydrogen (secondary N) is 2. The van der Waals surface area contributed by atoms with Gasteiger partial charge in [-0.2, -0.15) is 0 Å². The summed E-state index contributed by atoms with van der Waals surface area (Å²) in [7, 11) is 0. The molecule has 0 saturated carbocycles. The molecule has 1 fully saturated rings. The molecule has 0 aromatic heterocycles. The van der Waals surface area contributed by atoms with E-state index in [1.807, 2.05) is 36.4 Å². The Bertz CT molecular complexity index is 627. The van der Waals surface area contributed by atoms with Gasteiger partial charge in [-0.3, -0.25) is 10.1 Å². The van der Waals surface area contributed by atoms with Gasteiger partial charge in [0.2, 0.25) is 0 Å². The van der Waals surface area contributed by atoms with Gasteiger partial charge in [0.05, 0.1) is 6.67 Å². The molecule has 5 heteroatoms. The molecule has 0 spiro atoms. The molecule has 1 amide bonds. The molecule has 0 aliphatic carbocycles. The van der Waals surface area contributed by atoms with Gasteiger partial charge in [0.15, 0.2) is 5.54 Å². The molecule has 1 aliphatic rings. The lowest BCUT2D eigenvalue weighted by molar-refractivity contribution is -0.123. The van der Waals surface area contributed by atoms with Gasteiger partial charge in [-0.25, -0.2) is 0 Å². The van der Waals surface area contributed by atoms with Gasteiger partial charge in [0.1, 0.15) is 0 Å². The van der Waals surface area contributed by atoms with E-state index in [0.29, 0.717) is 27.8 Å². The maximum Gasteiger partial charge on any atom is 0.250 e. The summed E-state index contributed by atoms with van der Waals surface area (Å²) in [6, 6.07) is 14.6. The first kappa shape index (κ1) is 13.4. The first-order chi connectivity index (χ1) is 9.66. The van der Waals surface area contributed by atoms with Gasteiger partial charge in [0, 0.05) is 21.2 Å². The lowest BCUT2D eigenvalue weighted by Crippen LogP contribution is -2.44. The van der Waals surface area contributed by atoms with Crippen molar-refractivity contribution in [2.45, 2.75) is 5.54 Å². The van der Waals surface area contributed by atoms with Crippen LogP contribution in [0, 0.1) is 0 Å².